The predicted molar refractivity (Wildman–Crippen MR) is 173 cm³/mol. The molecule has 5 atom stereocenters. The SMILES string of the molecule is C1=CCC(C2=C(c3ccccc3)CC(C3C=CCC(c4nc(C5=CCCC=C5)nc(C5C=CC=CC5)n4)C3)C=N2)C=C1. The maximum atomic E-state index is 5.18. The van der Waals surface area contributed by atoms with Crippen molar-refractivity contribution < 1.29 is 0 Å². The van der Waals surface area contributed by atoms with E-state index in [1.165, 1.54) is 16.8 Å². The van der Waals surface area contributed by atoms with Crippen molar-refractivity contribution in [1.82, 2.24) is 15.0 Å². The lowest BCUT2D eigenvalue weighted by Gasteiger charge is -2.33. The van der Waals surface area contributed by atoms with Crippen LogP contribution < -0.4 is 0 Å². The summed E-state index contributed by atoms with van der Waals surface area (Å²) in [5.41, 5.74) is 5.04. The van der Waals surface area contributed by atoms with Gasteiger partial charge in [0, 0.05) is 35.5 Å². The van der Waals surface area contributed by atoms with Crippen LogP contribution in [0.2, 0.25) is 0 Å². The smallest absolute Gasteiger partial charge is 0.163 e. The topological polar surface area (TPSA) is 51.0 Å². The summed E-state index contributed by atoms with van der Waals surface area (Å²) in [5, 5.41) is 0. The van der Waals surface area contributed by atoms with E-state index < -0.39 is 0 Å². The molecule has 2 aromatic rings. The molecule has 1 aromatic heterocycles. The Kier molecular flexibility index (Phi) is 7.86. The zero-order valence-corrected chi connectivity index (χ0v) is 24.1. The molecule has 0 amide bonds. The molecule has 4 heteroatoms. The average molecular weight is 551 g/mol. The molecule has 4 aliphatic carbocycles. The van der Waals surface area contributed by atoms with Crippen molar-refractivity contribution in [2.24, 2.45) is 22.7 Å². The quantitative estimate of drug-likeness (QED) is 0.338. The van der Waals surface area contributed by atoms with Crippen LogP contribution in [0.25, 0.3) is 11.1 Å². The maximum Gasteiger partial charge on any atom is 0.163 e. The molecular weight excluding hydrogens is 512 g/mol. The Morgan fingerprint density at radius 1 is 0.667 bits per heavy atom. The van der Waals surface area contributed by atoms with Gasteiger partial charge in [-0.15, -0.1) is 0 Å². The van der Waals surface area contributed by atoms with Gasteiger partial charge in [-0.25, -0.2) is 15.0 Å². The van der Waals surface area contributed by atoms with Crippen molar-refractivity contribution >= 4 is 17.4 Å². The fraction of sp³-hybridized carbons (Fsp3) is 0.316. The van der Waals surface area contributed by atoms with E-state index in [1.54, 1.807) is 0 Å². The zero-order valence-electron chi connectivity index (χ0n) is 24.1. The molecule has 0 bridgehead atoms. The molecule has 0 saturated carbocycles. The molecule has 42 heavy (non-hydrogen) atoms. The third-order valence-electron chi connectivity index (χ3n) is 9.12. The molecule has 1 aliphatic heterocycles. The van der Waals surface area contributed by atoms with E-state index in [0.717, 1.165) is 68.0 Å². The first-order valence-electron chi connectivity index (χ1n) is 15.6. The average Bonchev–Trinajstić information content (AvgIpc) is 3.09. The maximum absolute atomic E-state index is 5.18. The summed E-state index contributed by atoms with van der Waals surface area (Å²) in [4.78, 5) is 20.4. The van der Waals surface area contributed by atoms with Gasteiger partial charge in [0.2, 0.25) is 0 Å². The fourth-order valence-electron chi connectivity index (χ4n) is 6.80. The Hall–Kier alpha value is -4.18. The minimum atomic E-state index is 0.199. The molecule has 5 aliphatic rings. The van der Waals surface area contributed by atoms with Gasteiger partial charge < -0.3 is 0 Å². The van der Waals surface area contributed by atoms with Crippen LogP contribution in [0, 0.1) is 17.8 Å². The molecule has 0 saturated heterocycles. The van der Waals surface area contributed by atoms with E-state index in [0.29, 0.717) is 17.8 Å². The molecule has 210 valence electrons. The first-order chi connectivity index (χ1) is 20.8. The van der Waals surface area contributed by atoms with Gasteiger partial charge in [0.05, 0.1) is 5.70 Å². The molecule has 0 radical (unpaired) electrons. The van der Waals surface area contributed by atoms with Gasteiger partial charge in [-0.3, -0.25) is 4.99 Å². The third kappa shape index (κ3) is 5.76. The number of benzene rings is 1. The Labute approximate surface area is 249 Å². The monoisotopic (exact) mass is 550 g/mol. The number of hydrogen-bond acceptors (Lipinski definition) is 4. The molecule has 1 aromatic carbocycles. The zero-order chi connectivity index (χ0) is 28.1. The first-order valence-corrected chi connectivity index (χ1v) is 15.6. The number of aliphatic imine (C=N–C) groups is 1. The van der Waals surface area contributed by atoms with Crippen LogP contribution in [-0.2, 0) is 0 Å². The summed E-state index contributed by atoms with van der Waals surface area (Å²) < 4.78 is 0. The van der Waals surface area contributed by atoms with E-state index in [-0.39, 0.29) is 11.8 Å². The van der Waals surface area contributed by atoms with Crippen molar-refractivity contribution in [1.29, 1.82) is 0 Å². The van der Waals surface area contributed by atoms with E-state index in [1.807, 2.05) is 0 Å². The summed E-state index contributed by atoms with van der Waals surface area (Å²) >= 11 is 0. The van der Waals surface area contributed by atoms with Gasteiger partial charge in [-0.2, -0.15) is 0 Å². The number of aromatic nitrogens is 3. The van der Waals surface area contributed by atoms with Gasteiger partial charge in [-0.1, -0.05) is 109 Å². The van der Waals surface area contributed by atoms with E-state index >= 15 is 0 Å². The minimum Gasteiger partial charge on any atom is -0.264 e. The lowest BCUT2D eigenvalue weighted by atomic mass is 9.74. The highest BCUT2D eigenvalue weighted by atomic mass is 15.0. The Morgan fingerprint density at radius 3 is 2.24 bits per heavy atom. The normalized spacial score (nSPS) is 28.4. The number of rotatable bonds is 6. The van der Waals surface area contributed by atoms with Crippen molar-refractivity contribution in [3.8, 4) is 0 Å². The Bertz CT molecular complexity index is 1580. The van der Waals surface area contributed by atoms with Gasteiger partial charge >= 0.3 is 0 Å². The summed E-state index contributed by atoms with van der Waals surface area (Å²) in [5.74, 6) is 4.21. The second-order valence-corrected chi connectivity index (χ2v) is 12.0. The van der Waals surface area contributed by atoms with Crippen LogP contribution in [0.4, 0.5) is 0 Å². The lowest BCUT2D eigenvalue weighted by molar-refractivity contribution is 0.403. The lowest BCUT2D eigenvalue weighted by Crippen LogP contribution is -2.25. The van der Waals surface area contributed by atoms with Crippen molar-refractivity contribution in [2.45, 2.75) is 56.8 Å². The second kappa shape index (κ2) is 12.4. The Balaban J connectivity index is 1.17. The molecule has 2 heterocycles. The van der Waals surface area contributed by atoms with Crippen LogP contribution in [0.15, 0.2) is 120 Å². The fourth-order valence-corrected chi connectivity index (χ4v) is 6.80. The van der Waals surface area contributed by atoms with E-state index in [9.17, 15) is 0 Å². The second-order valence-electron chi connectivity index (χ2n) is 12.0. The van der Waals surface area contributed by atoms with Gasteiger partial charge in [0.1, 0.15) is 11.6 Å². The highest BCUT2D eigenvalue weighted by Crippen LogP contribution is 2.42. The molecule has 0 spiro atoms. The first kappa shape index (κ1) is 26.7. The van der Waals surface area contributed by atoms with Gasteiger partial charge in [0.15, 0.2) is 5.82 Å². The number of nitrogens with zero attached hydrogens (tertiary/aromatic N) is 4. The molecular formula is C38H38N4. The largest absolute Gasteiger partial charge is 0.264 e. The summed E-state index contributed by atoms with van der Waals surface area (Å²) in [6.07, 6.45) is 38.3. The highest BCUT2D eigenvalue weighted by molar-refractivity contribution is 5.79. The summed E-state index contributed by atoms with van der Waals surface area (Å²) in [7, 11) is 0. The van der Waals surface area contributed by atoms with Crippen LogP contribution in [-0.4, -0.2) is 21.2 Å². The molecule has 5 unspecified atom stereocenters. The molecule has 0 N–H and O–H groups in total. The highest BCUT2D eigenvalue weighted by Gasteiger charge is 2.32. The number of hydrogen-bond donors (Lipinski definition) is 0. The standard InChI is InChI=1S/C38H38N4/c1-5-14-27(15-6-1)34-25-33(26-39-35(34)28-16-7-2-8-17-28)31-22-13-23-32(24-31)38-41-36(29-18-9-3-10-19-29)40-37(42-38)30-20-11-4-12-21-30/h1-3,5-11,13-16,18,20-22,26,28-29,31-33H,4,12,17,19,23-25H2. The van der Waals surface area contributed by atoms with Crippen molar-refractivity contribution in [3.05, 3.63) is 138 Å². The van der Waals surface area contributed by atoms with E-state index in [2.05, 4.69) is 116 Å². The molecule has 0 fully saturated rings. The summed E-state index contributed by atoms with van der Waals surface area (Å²) in [6.45, 7) is 0. The third-order valence-corrected chi connectivity index (χ3v) is 9.12. The minimum absolute atomic E-state index is 0.199. The van der Waals surface area contributed by atoms with Crippen LogP contribution in [0.3, 0.4) is 0 Å². The van der Waals surface area contributed by atoms with Gasteiger partial charge in [-0.05, 0) is 62.0 Å². The number of allylic oxidation sites excluding steroid dienone is 15. The summed E-state index contributed by atoms with van der Waals surface area (Å²) in [6, 6.07) is 10.9. The van der Waals surface area contributed by atoms with E-state index in [4.69, 9.17) is 19.9 Å². The Morgan fingerprint density at radius 2 is 1.48 bits per heavy atom. The molecule has 7 rings (SSSR count). The predicted octanol–water partition coefficient (Wildman–Crippen LogP) is 8.89. The van der Waals surface area contributed by atoms with Crippen LogP contribution in [0.5, 0.6) is 0 Å². The van der Waals surface area contributed by atoms with Crippen LogP contribution >= 0.6 is 0 Å². The van der Waals surface area contributed by atoms with Crippen LogP contribution in [0.1, 0.15) is 79.8 Å². The van der Waals surface area contributed by atoms with Crippen molar-refractivity contribution in [2.75, 3.05) is 0 Å². The van der Waals surface area contributed by atoms with Crippen molar-refractivity contribution in [3.63, 3.8) is 0 Å². The van der Waals surface area contributed by atoms with Gasteiger partial charge in [0.25, 0.3) is 0 Å². The molecule has 4 nitrogen and oxygen atoms in total.